The lowest BCUT2D eigenvalue weighted by Crippen LogP contribution is -2.41. The summed E-state index contributed by atoms with van der Waals surface area (Å²) < 4.78 is 0. The maximum Gasteiger partial charge on any atom is 0.226 e. The van der Waals surface area contributed by atoms with Crippen LogP contribution in [0.4, 0.5) is 0 Å². The minimum Gasteiger partial charge on any atom is -0.342 e. The third-order valence-electron chi connectivity index (χ3n) is 4.59. The van der Waals surface area contributed by atoms with Gasteiger partial charge in [-0.1, -0.05) is 30.3 Å². The quantitative estimate of drug-likeness (QED) is 0.901. The fraction of sp³-hybridized carbons (Fsp3) is 0.562. The average Bonchev–Trinajstić information content (AvgIpc) is 3.28. The van der Waals surface area contributed by atoms with E-state index in [0.29, 0.717) is 17.7 Å². The number of hydrogen-bond acceptors (Lipinski definition) is 2. The number of carbonyl (C=O) groups is 1. The number of piperidine rings is 1. The lowest BCUT2D eigenvalue weighted by atomic mass is 9.96. The van der Waals surface area contributed by atoms with E-state index in [-0.39, 0.29) is 5.92 Å². The second-order valence-electron chi connectivity index (χ2n) is 5.86. The number of nitrogens with two attached hydrogens (primary N) is 1. The number of likely N-dealkylation sites (tertiary alicyclic amines) is 1. The number of nitrogens with zero attached hydrogens (tertiary/aromatic N) is 1. The van der Waals surface area contributed by atoms with Gasteiger partial charge in [0, 0.05) is 19.0 Å². The van der Waals surface area contributed by atoms with Crippen molar-refractivity contribution in [3.05, 3.63) is 35.9 Å². The molecule has 1 saturated heterocycles. The summed E-state index contributed by atoms with van der Waals surface area (Å²) in [5.41, 5.74) is 7.01. The SMILES string of the molecule is NCC1CCN(C(=O)C2CC2c2ccccc2)CC1. The first-order valence-corrected chi connectivity index (χ1v) is 7.33. The van der Waals surface area contributed by atoms with Crippen LogP contribution in [0, 0.1) is 11.8 Å². The van der Waals surface area contributed by atoms with E-state index < -0.39 is 0 Å². The number of amides is 1. The molecule has 2 N–H and O–H groups in total. The zero-order chi connectivity index (χ0) is 13.2. The van der Waals surface area contributed by atoms with E-state index in [1.165, 1.54) is 5.56 Å². The molecular weight excluding hydrogens is 236 g/mol. The summed E-state index contributed by atoms with van der Waals surface area (Å²) in [6.45, 7) is 2.56. The predicted molar refractivity (Wildman–Crippen MR) is 75.6 cm³/mol. The van der Waals surface area contributed by atoms with Gasteiger partial charge >= 0.3 is 0 Å². The summed E-state index contributed by atoms with van der Waals surface area (Å²) in [6.07, 6.45) is 3.18. The molecule has 0 radical (unpaired) electrons. The van der Waals surface area contributed by atoms with Gasteiger partial charge < -0.3 is 10.6 Å². The largest absolute Gasteiger partial charge is 0.342 e. The molecule has 0 bridgehead atoms. The summed E-state index contributed by atoms with van der Waals surface area (Å²) in [7, 11) is 0. The third kappa shape index (κ3) is 2.66. The molecule has 19 heavy (non-hydrogen) atoms. The second kappa shape index (κ2) is 5.33. The van der Waals surface area contributed by atoms with Gasteiger partial charge in [0.25, 0.3) is 0 Å². The van der Waals surface area contributed by atoms with Crippen molar-refractivity contribution in [2.24, 2.45) is 17.6 Å². The number of rotatable bonds is 3. The molecular formula is C16H22N2O. The summed E-state index contributed by atoms with van der Waals surface area (Å²) in [4.78, 5) is 14.5. The van der Waals surface area contributed by atoms with E-state index in [1.54, 1.807) is 0 Å². The zero-order valence-electron chi connectivity index (χ0n) is 11.3. The van der Waals surface area contributed by atoms with Gasteiger partial charge in [0.05, 0.1) is 0 Å². The Bertz CT molecular complexity index is 437. The van der Waals surface area contributed by atoms with Crippen LogP contribution in [0.15, 0.2) is 30.3 Å². The number of hydrogen-bond donors (Lipinski definition) is 1. The lowest BCUT2D eigenvalue weighted by molar-refractivity contribution is -0.134. The first-order chi connectivity index (χ1) is 9.29. The molecule has 1 aliphatic carbocycles. The van der Waals surface area contributed by atoms with Gasteiger partial charge in [0.1, 0.15) is 0 Å². The Hall–Kier alpha value is -1.35. The highest BCUT2D eigenvalue weighted by Crippen LogP contribution is 2.48. The average molecular weight is 258 g/mol. The van der Waals surface area contributed by atoms with Crippen LogP contribution >= 0.6 is 0 Å². The van der Waals surface area contributed by atoms with E-state index in [1.807, 2.05) is 6.07 Å². The van der Waals surface area contributed by atoms with Gasteiger partial charge in [-0.15, -0.1) is 0 Å². The fourth-order valence-corrected chi connectivity index (χ4v) is 3.16. The van der Waals surface area contributed by atoms with Crippen LogP contribution in [0.5, 0.6) is 0 Å². The topological polar surface area (TPSA) is 46.3 Å². The van der Waals surface area contributed by atoms with Crippen molar-refractivity contribution < 1.29 is 4.79 Å². The fourth-order valence-electron chi connectivity index (χ4n) is 3.16. The van der Waals surface area contributed by atoms with Crippen molar-refractivity contribution in [2.75, 3.05) is 19.6 Å². The van der Waals surface area contributed by atoms with Gasteiger partial charge in [-0.2, -0.15) is 0 Å². The molecule has 102 valence electrons. The minimum atomic E-state index is 0.233. The molecule has 3 heteroatoms. The number of carbonyl (C=O) groups excluding carboxylic acids is 1. The molecule has 2 aliphatic rings. The summed E-state index contributed by atoms with van der Waals surface area (Å²) in [5, 5.41) is 0. The van der Waals surface area contributed by atoms with Crippen LogP contribution in [0.2, 0.25) is 0 Å². The summed E-state index contributed by atoms with van der Waals surface area (Å²) in [6, 6.07) is 10.4. The van der Waals surface area contributed by atoms with Crippen molar-refractivity contribution in [2.45, 2.75) is 25.2 Å². The Morgan fingerprint density at radius 3 is 2.53 bits per heavy atom. The van der Waals surface area contributed by atoms with Crippen molar-refractivity contribution in [3.63, 3.8) is 0 Å². The van der Waals surface area contributed by atoms with E-state index in [0.717, 1.165) is 38.9 Å². The van der Waals surface area contributed by atoms with Crippen LogP contribution in [0.1, 0.15) is 30.7 Å². The zero-order valence-corrected chi connectivity index (χ0v) is 11.3. The van der Waals surface area contributed by atoms with Gasteiger partial charge in [-0.3, -0.25) is 4.79 Å². The highest BCUT2D eigenvalue weighted by Gasteiger charge is 2.45. The summed E-state index contributed by atoms with van der Waals surface area (Å²) >= 11 is 0. The van der Waals surface area contributed by atoms with Crippen LogP contribution in [0.25, 0.3) is 0 Å². The maximum absolute atomic E-state index is 12.4. The number of benzene rings is 1. The molecule has 2 fully saturated rings. The van der Waals surface area contributed by atoms with Crippen molar-refractivity contribution >= 4 is 5.91 Å². The monoisotopic (exact) mass is 258 g/mol. The molecule has 1 amide bonds. The van der Waals surface area contributed by atoms with Crippen molar-refractivity contribution in [1.29, 1.82) is 0 Å². The second-order valence-corrected chi connectivity index (χ2v) is 5.86. The first kappa shape index (κ1) is 12.7. The third-order valence-corrected chi connectivity index (χ3v) is 4.59. The van der Waals surface area contributed by atoms with Gasteiger partial charge in [-0.05, 0) is 43.2 Å². The Balaban J connectivity index is 1.56. The molecule has 2 unspecified atom stereocenters. The normalized spacial score (nSPS) is 27.3. The smallest absolute Gasteiger partial charge is 0.226 e. The van der Waals surface area contributed by atoms with Gasteiger partial charge in [-0.25, -0.2) is 0 Å². The maximum atomic E-state index is 12.4. The Morgan fingerprint density at radius 1 is 1.21 bits per heavy atom. The lowest BCUT2D eigenvalue weighted by Gasteiger charge is -2.31. The van der Waals surface area contributed by atoms with Crippen LogP contribution in [-0.4, -0.2) is 30.4 Å². The summed E-state index contributed by atoms with van der Waals surface area (Å²) in [5.74, 6) is 1.68. The molecule has 1 aromatic rings. The molecule has 3 rings (SSSR count). The van der Waals surface area contributed by atoms with E-state index in [2.05, 4.69) is 29.2 Å². The minimum absolute atomic E-state index is 0.233. The van der Waals surface area contributed by atoms with Gasteiger partial charge in [0.15, 0.2) is 0 Å². The van der Waals surface area contributed by atoms with E-state index >= 15 is 0 Å². The Kier molecular flexibility index (Phi) is 3.56. The molecule has 1 heterocycles. The Labute approximate surface area is 114 Å². The van der Waals surface area contributed by atoms with E-state index in [9.17, 15) is 4.79 Å². The predicted octanol–water partition coefficient (Wildman–Crippen LogP) is 1.99. The van der Waals surface area contributed by atoms with Crippen LogP contribution < -0.4 is 5.73 Å². The standard InChI is InChI=1S/C16H22N2O/c17-11-12-6-8-18(9-7-12)16(19)15-10-14(15)13-4-2-1-3-5-13/h1-5,12,14-15H,6-11,17H2. The highest BCUT2D eigenvalue weighted by molar-refractivity contribution is 5.83. The molecule has 1 aromatic carbocycles. The van der Waals surface area contributed by atoms with Crippen molar-refractivity contribution in [1.82, 2.24) is 4.90 Å². The van der Waals surface area contributed by atoms with Crippen molar-refractivity contribution in [3.8, 4) is 0 Å². The molecule has 0 spiro atoms. The highest BCUT2D eigenvalue weighted by atomic mass is 16.2. The first-order valence-electron chi connectivity index (χ1n) is 7.33. The molecule has 1 saturated carbocycles. The molecule has 0 aromatic heterocycles. The van der Waals surface area contributed by atoms with Crippen LogP contribution in [0.3, 0.4) is 0 Å². The molecule has 2 atom stereocenters. The Morgan fingerprint density at radius 2 is 1.89 bits per heavy atom. The van der Waals surface area contributed by atoms with Gasteiger partial charge in [0.2, 0.25) is 5.91 Å². The molecule has 3 nitrogen and oxygen atoms in total. The molecule has 1 aliphatic heterocycles. The van der Waals surface area contributed by atoms with Crippen LogP contribution in [-0.2, 0) is 4.79 Å². The van der Waals surface area contributed by atoms with E-state index in [4.69, 9.17) is 5.73 Å².